The minimum absolute atomic E-state index is 0.178. The van der Waals surface area contributed by atoms with Gasteiger partial charge in [0.1, 0.15) is 0 Å². The summed E-state index contributed by atoms with van der Waals surface area (Å²) in [5.74, 6) is 0. The summed E-state index contributed by atoms with van der Waals surface area (Å²) in [6.45, 7) is 1.64. The number of benzene rings is 1. The molecule has 0 amide bonds. The van der Waals surface area contributed by atoms with Gasteiger partial charge in [-0.25, -0.2) is 0 Å². The molecule has 0 saturated carbocycles. The Hall–Kier alpha value is -1.65. The van der Waals surface area contributed by atoms with Crippen molar-refractivity contribution in [2.75, 3.05) is 20.2 Å². The van der Waals surface area contributed by atoms with Crippen LogP contribution in [0.25, 0.3) is 11.3 Å². The second-order valence-electron chi connectivity index (χ2n) is 4.50. The first-order chi connectivity index (χ1) is 8.70. The molecule has 1 heterocycles. The van der Waals surface area contributed by atoms with Gasteiger partial charge in [0.15, 0.2) is 0 Å². The van der Waals surface area contributed by atoms with Crippen LogP contribution in [0, 0.1) is 0 Å². The smallest absolute Gasteiger partial charge is 0.0968 e. The summed E-state index contributed by atoms with van der Waals surface area (Å²) in [7, 11) is 3.93. The number of aliphatic hydroxyl groups excluding tert-OH is 1. The van der Waals surface area contributed by atoms with Gasteiger partial charge in [0, 0.05) is 37.5 Å². The van der Waals surface area contributed by atoms with Crippen molar-refractivity contribution in [3.05, 3.63) is 42.1 Å². The zero-order chi connectivity index (χ0) is 13.0. The number of rotatable bonds is 5. The number of likely N-dealkylation sites (N-methyl/N-ethyl adjacent to an activating group) is 1. The van der Waals surface area contributed by atoms with Crippen molar-refractivity contribution in [1.29, 1.82) is 0 Å². The Morgan fingerprint density at radius 3 is 2.67 bits per heavy atom. The Labute approximate surface area is 107 Å². The molecular formula is C14H19N3O. The van der Waals surface area contributed by atoms with Crippen LogP contribution in [0.5, 0.6) is 0 Å². The Kier molecular flexibility index (Phi) is 4.12. The van der Waals surface area contributed by atoms with Gasteiger partial charge in [-0.1, -0.05) is 30.3 Å². The van der Waals surface area contributed by atoms with Gasteiger partial charge < -0.3 is 5.11 Å². The molecule has 2 aromatic rings. The van der Waals surface area contributed by atoms with Crippen molar-refractivity contribution in [2.45, 2.75) is 6.54 Å². The number of hydrogen-bond acceptors (Lipinski definition) is 3. The number of hydrogen-bond donors (Lipinski definition) is 1. The van der Waals surface area contributed by atoms with Gasteiger partial charge in [-0.15, -0.1) is 0 Å². The first kappa shape index (κ1) is 12.8. The lowest BCUT2D eigenvalue weighted by Crippen LogP contribution is -2.21. The second-order valence-corrected chi connectivity index (χ2v) is 4.50. The van der Waals surface area contributed by atoms with Crippen LogP contribution in [0.4, 0.5) is 0 Å². The molecule has 4 heteroatoms. The lowest BCUT2D eigenvalue weighted by Gasteiger charge is -2.14. The van der Waals surface area contributed by atoms with E-state index in [0.717, 1.165) is 17.8 Å². The van der Waals surface area contributed by atoms with Gasteiger partial charge in [-0.2, -0.15) is 5.10 Å². The molecule has 2 rings (SSSR count). The Morgan fingerprint density at radius 1 is 1.28 bits per heavy atom. The molecule has 1 aromatic carbocycles. The van der Waals surface area contributed by atoms with E-state index in [2.05, 4.69) is 22.1 Å². The monoisotopic (exact) mass is 245 g/mol. The minimum atomic E-state index is 0.178. The Bertz CT molecular complexity index is 493. The first-order valence-corrected chi connectivity index (χ1v) is 6.08. The summed E-state index contributed by atoms with van der Waals surface area (Å²) >= 11 is 0. The molecule has 0 aliphatic heterocycles. The Morgan fingerprint density at radius 2 is 2.00 bits per heavy atom. The van der Waals surface area contributed by atoms with E-state index < -0.39 is 0 Å². The molecule has 0 atom stereocenters. The standard InChI is InChI=1S/C14H19N3O/c1-16(8-9-18)10-13-11-17(2)15-14(13)12-6-4-3-5-7-12/h3-7,11,18H,8-10H2,1-2H3. The van der Waals surface area contributed by atoms with Gasteiger partial charge in [-0.05, 0) is 7.05 Å². The lowest BCUT2D eigenvalue weighted by atomic mass is 10.1. The van der Waals surface area contributed by atoms with Gasteiger partial charge >= 0.3 is 0 Å². The summed E-state index contributed by atoms with van der Waals surface area (Å²) in [6.07, 6.45) is 2.04. The molecule has 0 aliphatic rings. The molecule has 0 saturated heterocycles. The molecule has 1 N–H and O–H groups in total. The van der Waals surface area contributed by atoms with E-state index in [1.165, 1.54) is 5.56 Å². The average Bonchev–Trinajstić information content (AvgIpc) is 2.71. The number of aryl methyl sites for hydroxylation is 1. The van der Waals surface area contributed by atoms with Gasteiger partial charge in [0.2, 0.25) is 0 Å². The molecule has 1 aromatic heterocycles. The van der Waals surface area contributed by atoms with Crippen molar-refractivity contribution in [2.24, 2.45) is 7.05 Å². The van der Waals surface area contributed by atoms with E-state index in [0.29, 0.717) is 6.54 Å². The second kappa shape index (κ2) is 5.80. The third-order valence-electron chi connectivity index (χ3n) is 2.87. The average molecular weight is 245 g/mol. The topological polar surface area (TPSA) is 41.3 Å². The number of aromatic nitrogens is 2. The normalized spacial score (nSPS) is 11.1. The van der Waals surface area contributed by atoms with Gasteiger partial charge in [0.05, 0.1) is 12.3 Å². The van der Waals surface area contributed by atoms with Crippen molar-refractivity contribution < 1.29 is 5.11 Å². The molecular weight excluding hydrogens is 226 g/mol. The predicted octanol–water partition coefficient (Wildman–Crippen LogP) is 1.51. The van der Waals surface area contributed by atoms with E-state index >= 15 is 0 Å². The molecule has 0 unspecified atom stereocenters. The lowest BCUT2D eigenvalue weighted by molar-refractivity contribution is 0.217. The Balaban J connectivity index is 2.26. The maximum atomic E-state index is 8.94. The maximum Gasteiger partial charge on any atom is 0.0968 e. The predicted molar refractivity (Wildman–Crippen MR) is 72.1 cm³/mol. The highest BCUT2D eigenvalue weighted by Gasteiger charge is 2.11. The summed E-state index contributed by atoms with van der Waals surface area (Å²) < 4.78 is 1.84. The fraction of sp³-hybridized carbons (Fsp3) is 0.357. The fourth-order valence-corrected chi connectivity index (χ4v) is 2.03. The van der Waals surface area contributed by atoms with Gasteiger partial charge in [0.25, 0.3) is 0 Å². The first-order valence-electron chi connectivity index (χ1n) is 6.08. The van der Waals surface area contributed by atoms with E-state index in [1.54, 1.807) is 0 Å². The molecule has 0 spiro atoms. The molecule has 96 valence electrons. The highest BCUT2D eigenvalue weighted by molar-refractivity contribution is 5.62. The zero-order valence-electron chi connectivity index (χ0n) is 10.9. The third kappa shape index (κ3) is 2.97. The zero-order valence-corrected chi connectivity index (χ0v) is 10.9. The maximum absolute atomic E-state index is 8.94. The van der Waals surface area contributed by atoms with Crippen molar-refractivity contribution >= 4 is 0 Å². The molecule has 0 fully saturated rings. The molecule has 4 nitrogen and oxygen atoms in total. The van der Waals surface area contributed by atoms with E-state index in [1.807, 2.05) is 43.2 Å². The number of nitrogens with zero attached hydrogens (tertiary/aromatic N) is 3. The van der Waals surface area contributed by atoms with E-state index in [-0.39, 0.29) is 6.61 Å². The van der Waals surface area contributed by atoms with Crippen LogP contribution in [0.1, 0.15) is 5.56 Å². The molecule has 18 heavy (non-hydrogen) atoms. The van der Waals surface area contributed by atoms with Crippen LogP contribution >= 0.6 is 0 Å². The molecule has 0 aliphatic carbocycles. The van der Waals surface area contributed by atoms with Gasteiger partial charge in [-0.3, -0.25) is 9.58 Å². The fourth-order valence-electron chi connectivity index (χ4n) is 2.03. The number of aliphatic hydroxyl groups is 1. The third-order valence-corrected chi connectivity index (χ3v) is 2.87. The van der Waals surface area contributed by atoms with Crippen LogP contribution in [0.15, 0.2) is 36.5 Å². The summed E-state index contributed by atoms with van der Waals surface area (Å²) in [5.41, 5.74) is 3.33. The van der Waals surface area contributed by atoms with E-state index in [9.17, 15) is 0 Å². The largest absolute Gasteiger partial charge is 0.395 e. The molecule has 0 radical (unpaired) electrons. The highest BCUT2D eigenvalue weighted by Crippen LogP contribution is 2.22. The van der Waals surface area contributed by atoms with Crippen LogP contribution in [-0.4, -0.2) is 40.0 Å². The minimum Gasteiger partial charge on any atom is -0.395 e. The van der Waals surface area contributed by atoms with E-state index in [4.69, 9.17) is 5.11 Å². The SMILES string of the molecule is CN(CCO)Cc1cn(C)nc1-c1ccccc1. The quantitative estimate of drug-likeness (QED) is 0.868. The van der Waals surface area contributed by atoms with Crippen molar-refractivity contribution in [1.82, 2.24) is 14.7 Å². The summed E-state index contributed by atoms with van der Waals surface area (Å²) in [5, 5.41) is 13.5. The molecule has 0 bridgehead atoms. The van der Waals surface area contributed by atoms with Crippen LogP contribution in [0.2, 0.25) is 0 Å². The van der Waals surface area contributed by atoms with Crippen molar-refractivity contribution in [3.63, 3.8) is 0 Å². The van der Waals surface area contributed by atoms with Crippen LogP contribution in [0.3, 0.4) is 0 Å². The summed E-state index contributed by atoms with van der Waals surface area (Å²) in [4.78, 5) is 2.09. The van der Waals surface area contributed by atoms with Crippen molar-refractivity contribution in [3.8, 4) is 11.3 Å². The summed E-state index contributed by atoms with van der Waals surface area (Å²) in [6, 6.07) is 10.2. The van der Waals surface area contributed by atoms with Crippen LogP contribution < -0.4 is 0 Å². The van der Waals surface area contributed by atoms with Crippen LogP contribution in [-0.2, 0) is 13.6 Å². The highest BCUT2D eigenvalue weighted by atomic mass is 16.3.